The number of piperidine rings is 1. The van der Waals surface area contributed by atoms with Crippen molar-refractivity contribution in [2.75, 3.05) is 20.2 Å². The molecular weight excluding hydrogens is 356 g/mol. The molecule has 1 amide bonds. The molecule has 0 unspecified atom stereocenters. The Morgan fingerprint density at radius 3 is 2.68 bits per heavy atom. The highest BCUT2D eigenvalue weighted by Gasteiger charge is 2.27. The first-order valence-corrected chi connectivity index (χ1v) is 9.37. The Morgan fingerprint density at radius 1 is 1.21 bits per heavy atom. The molecule has 28 heavy (non-hydrogen) atoms. The minimum atomic E-state index is 0.146. The predicted octanol–water partition coefficient (Wildman–Crippen LogP) is 3.09. The fourth-order valence-corrected chi connectivity index (χ4v) is 3.42. The zero-order chi connectivity index (χ0) is 19.3. The van der Waals surface area contributed by atoms with Crippen LogP contribution < -0.4 is 4.74 Å². The van der Waals surface area contributed by atoms with Gasteiger partial charge in [0, 0.05) is 31.4 Å². The Kier molecular flexibility index (Phi) is 5.32. The summed E-state index contributed by atoms with van der Waals surface area (Å²) in [6.45, 7) is 1.41. The van der Waals surface area contributed by atoms with E-state index in [4.69, 9.17) is 9.26 Å². The summed E-state index contributed by atoms with van der Waals surface area (Å²) >= 11 is 0. The van der Waals surface area contributed by atoms with E-state index >= 15 is 0 Å². The van der Waals surface area contributed by atoms with Gasteiger partial charge >= 0.3 is 0 Å². The highest BCUT2D eigenvalue weighted by molar-refractivity contribution is 5.79. The average molecular weight is 378 g/mol. The van der Waals surface area contributed by atoms with Gasteiger partial charge < -0.3 is 14.2 Å². The van der Waals surface area contributed by atoms with E-state index in [1.165, 1.54) is 0 Å². The number of nitrogens with zero attached hydrogens (tertiary/aromatic N) is 4. The van der Waals surface area contributed by atoms with Gasteiger partial charge in [0.15, 0.2) is 5.82 Å². The summed E-state index contributed by atoms with van der Waals surface area (Å²) in [5.74, 6) is 2.34. The molecule has 3 aromatic rings. The lowest BCUT2D eigenvalue weighted by Crippen LogP contribution is -2.39. The van der Waals surface area contributed by atoms with Crippen molar-refractivity contribution in [3.05, 3.63) is 60.2 Å². The molecule has 2 aromatic heterocycles. The van der Waals surface area contributed by atoms with Gasteiger partial charge in [-0.05, 0) is 42.7 Å². The number of hydrogen-bond donors (Lipinski definition) is 0. The lowest BCUT2D eigenvalue weighted by Gasteiger charge is -2.30. The number of aromatic nitrogens is 3. The third-order valence-electron chi connectivity index (χ3n) is 5.08. The van der Waals surface area contributed by atoms with E-state index in [1.807, 2.05) is 41.3 Å². The lowest BCUT2D eigenvalue weighted by atomic mass is 9.95. The second-order valence-electron chi connectivity index (χ2n) is 6.88. The van der Waals surface area contributed by atoms with Crippen molar-refractivity contribution >= 4 is 5.91 Å². The average Bonchev–Trinajstić information content (AvgIpc) is 3.25. The fourth-order valence-electron chi connectivity index (χ4n) is 3.42. The monoisotopic (exact) mass is 378 g/mol. The van der Waals surface area contributed by atoms with Crippen molar-refractivity contribution in [2.24, 2.45) is 0 Å². The number of carbonyl (C=O) groups is 1. The van der Waals surface area contributed by atoms with Gasteiger partial charge in [0.05, 0.1) is 19.1 Å². The van der Waals surface area contributed by atoms with E-state index in [9.17, 15) is 4.79 Å². The number of hydrogen-bond acceptors (Lipinski definition) is 6. The van der Waals surface area contributed by atoms with Crippen molar-refractivity contribution < 1.29 is 14.1 Å². The van der Waals surface area contributed by atoms with E-state index in [2.05, 4.69) is 15.1 Å². The molecule has 1 fully saturated rings. The Hall–Kier alpha value is -3.22. The molecular formula is C21H22N4O3. The number of methoxy groups -OCH3 is 1. The van der Waals surface area contributed by atoms with E-state index in [-0.39, 0.29) is 11.8 Å². The van der Waals surface area contributed by atoms with E-state index in [1.54, 1.807) is 19.5 Å². The summed E-state index contributed by atoms with van der Waals surface area (Å²) in [5.41, 5.74) is 1.81. The maximum absolute atomic E-state index is 12.6. The van der Waals surface area contributed by atoms with Gasteiger partial charge in [-0.1, -0.05) is 17.3 Å². The number of likely N-dealkylation sites (tertiary alicyclic amines) is 1. The normalized spacial score (nSPS) is 14.8. The number of ether oxygens (including phenoxy) is 1. The molecule has 1 saturated heterocycles. The lowest BCUT2D eigenvalue weighted by molar-refractivity contribution is -0.131. The summed E-state index contributed by atoms with van der Waals surface area (Å²) in [5, 5.41) is 4.14. The van der Waals surface area contributed by atoms with Crippen LogP contribution in [0.25, 0.3) is 11.5 Å². The standard InChI is InChI=1S/C21H22N4O3/c1-27-18-6-4-15(5-7-18)13-19(26)25-11-8-16(9-12-25)20-23-21(28-24-20)17-3-2-10-22-14-17/h2-7,10,14,16H,8-9,11-13H2,1H3. The van der Waals surface area contributed by atoms with Gasteiger partial charge in [-0.2, -0.15) is 4.98 Å². The summed E-state index contributed by atoms with van der Waals surface area (Å²) < 4.78 is 10.5. The van der Waals surface area contributed by atoms with Gasteiger partial charge in [-0.15, -0.1) is 0 Å². The first-order chi connectivity index (χ1) is 13.7. The molecule has 1 aliphatic rings. The first-order valence-electron chi connectivity index (χ1n) is 9.37. The number of rotatable bonds is 5. The Balaban J connectivity index is 1.33. The third kappa shape index (κ3) is 4.03. The minimum Gasteiger partial charge on any atom is -0.497 e. The van der Waals surface area contributed by atoms with Gasteiger partial charge in [0.1, 0.15) is 5.75 Å². The number of pyridine rings is 1. The summed E-state index contributed by atoms with van der Waals surface area (Å²) in [4.78, 5) is 23.1. The van der Waals surface area contributed by atoms with Crippen molar-refractivity contribution in [1.29, 1.82) is 0 Å². The molecule has 1 aromatic carbocycles. The maximum atomic E-state index is 12.6. The molecule has 0 aliphatic carbocycles. The maximum Gasteiger partial charge on any atom is 0.259 e. The Bertz CT molecular complexity index is 916. The second kappa shape index (κ2) is 8.21. The zero-order valence-electron chi connectivity index (χ0n) is 15.7. The minimum absolute atomic E-state index is 0.146. The van der Waals surface area contributed by atoms with Crippen LogP contribution in [0.3, 0.4) is 0 Å². The molecule has 0 bridgehead atoms. The zero-order valence-corrected chi connectivity index (χ0v) is 15.7. The summed E-state index contributed by atoms with van der Waals surface area (Å²) in [7, 11) is 1.63. The van der Waals surface area contributed by atoms with E-state index < -0.39 is 0 Å². The second-order valence-corrected chi connectivity index (χ2v) is 6.88. The topological polar surface area (TPSA) is 81.4 Å². The molecule has 4 rings (SSSR count). The third-order valence-corrected chi connectivity index (χ3v) is 5.08. The molecule has 0 saturated carbocycles. The van der Waals surface area contributed by atoms with Crippen LogP contribution in [0.1, 0.15) is 30.1 Å². The van der Waals surface area contributed by atoms with Crippen molar-refractivity contribution in [3.63, 3.8) is 0 Å². The largest absolute Gasteiger partial charge is 0.497 e. The molecule has 0 radical (unpaired) electrons. The predicted molar refractivity (Wildman–Crippen MR) is 103 cm³/mol. The van der Waals surface area contributed by atoms with Gasteiger partial charge in [-0.25, -0.2) is 0 Å². The molecule has 1 aliphatic heterocycles. The molecule has 7 nitrogen and oxygen atoms in total. The van der Waals surface area contributed by atoms with Crippen LogP contribution >= 0.6 is 0 Å². The highest BCUT2D eigenvalue weighted by atomic mass is 16.5. The number of amides is 1. The van der Waals surface area contributed by atoms with Crippen LogP contribution in [-0.4, -0.2) is 46.1 Å². The molecule has 0 spiro atoms. The smallest absolute Gasteiger partial charge is 0.259 e. The SMILES string of the molecule is COc1ccc(CC(=O)N2CCC(c3noc(-c4cccnc4)n3)CC2)cc1. The molecule has 0 atom stereocenters. The number of benzene rings is 1. The summed E-state index contributed by atoms with van der Waals surface area (Å²) in [6, 6.07) is 11.4. The van der Waals surface area contributed by atoms with Crippen LogP contribution in [0.15, 0.2) is 53.3 Å². The van der Waals surface area contributed by atoms with Gasteiger partial charge in [0.25, 0.3) is 5.89 Å². The first kappa shape index (κ1) is 18.2. The van der Waals surface area contributed by atoms with Crippen molar-refractivity contribution in [2.45, 2.75) is 25.2 Å². The van der Waals surface area contributed by atoms with Crippen LogP contribution in [0.5, 0.6) is 5.75 Å². The van der Waals surface area contributed by atoms with Crippen molar-refractivity contribution in [1.82, 2.24) is 20.0 Å². The van der Waals surface area contributed by atoms with Crippen LogP contribution in [0.4, 0.5) is 0 Å². The highest BCUT2D eigenvalue weighted by Crippen LogP contribution is 2.28. The van der Waals surface area contributed by atoms with Crippen molar-refractivity contribution in [3.8, 4) is 17.2 Å². The van der Waals surface area contributed by atoms with E-state index in [0.29, 0.717) is 31.2 Å². The molecule has 0 N–H and O–H groups in total. The quantitative estimate of drug-likeness (QED) is 0.679. The molecule has 3 heterocycles. The number of carbonyl (C=O) groups excluding carboxylic acids is 1. The van der Waals surface area contributed by atoms with Crippen LogP contribution in [0.2, 0.25) is 0 Å². The molecule has 144 valence electrons. The molecule has 7 heteroatoms. The Morgan fingerprint density at radius 2 is 2.00 bits per heavy atom. The van der Waals surface area contributed by atoms with Crippen LogP contribution in [0, 0.1) is 0 Å². The van der Waals surface area contributed by atoms with E-state index in [0.717, 1.165) is 29.7 Å². The van der Waals surface area contributed by atoms with Crippen LogP contribution in [-0.2, 0) is 11.2 Å². The van der Waals surface area contributed by atoms with Gasteiger partial charge in [0.2, 0.25) is 5.91 Å². The fraction of sp³-hybridized carbons (Fsp3) is 0.333. The summed E-state index contributed by atoms with van der Waals surface area (Å²) in [6.07, 6.45) is 5.49. The Labute approximate surface area is 163 Å². The van der Waals surface area contributed by atoms with Gasteiger partial charge in [-0.3, -0.25) is 9.78 Å².